The fourth-order valence-corrected chi connectivity index (χ4v) is 2.94. The molecule has 26 heavy (non-hydrogen) atoms. The number of esters is 1. The average molecular weight is 379 g/mol. The first-order chi connectivity index (χ1) is 12.7. The fraction of sp³-hybridized carbons (Fsp3) is 0.619. The standard InChI is InChI=1S/C21H34N2O2S/c1-3-5-6-7-8-9-10-11-12-17-22-21(26)23-19-15-13-18(14-16-19)20(24)25-4-2/h13-16H,3-12,17H2,1-2H3,(H2,22,23,26). The monoisotopic (exact) mass is 378 g/mol. The minimum Gasteiger partial charge on any atom is -0.462 e. The van der Waals surface area contributed by atoms with Crippen LogP contribution in [0.4, 0.5) is 5.69 Å². The SMILES string of the molecule is CCCCCCCCCCCNC(=S)Nc1ccc(C(=O)OCC)cc1. The minimum atomic E-state index is -0.301. The van der Waals surface area contributed by atoms with Gasteiger partial charge in [0.25, 0.3) is 0 Å². The van der Waals surface area contributed by atoms with E-state index < -0.39 is 0 Å². The number of ether oxygens (including phenoxy) is 1. The Morgan fingerprint density at radius 3 is 2.08 bits per heavy atom. The Labute approximate surface area is 164 Å². The summed E-state index contributed by atoms with van der Waals surface area (Å²) >= 11 is 5.31. The molecule has 0 saturated carbocycles. The Bertz CT molecular complexity index is 517. The second kappa shape index (κ2) is 14.5. The normalized spacial score (nSPS) is 10.4. The lowest BCUT2D eigenvalue weighted by molar-refractivity contribution is 0.0526. The van der Waals surface area contributed by atoms with Crippen molar-refractivity contribution in [1.29, 1.82) is 0 Å². The molecule has 0 amide bonds. The highest BCUT2D eigenvalue weighted by molar-refractivity contribution is 7.80. The van der Waals surface area contributed by atoms with Gasteiger partial charge in [-0.2, -0.15) is 0 Å². The average Bonchev–Trinajstić information content (AvgIpc) is 2.64. The van der Waals surface area contributed by atoms with Crippen LogP contribution in [0.25, 0.3) is 0 Å². The van der Waals surface area contributed by atoms with E-state index in [-0.39, 0.29) is 5.97 Å². The Balaban J connectivity index is 2.08. The summed E-state index contributed by atoms with van der Waals surface area (Å²) in [5.74, 6) is -0.301. The lowest BCUT2D eigenvalue weighted by Gasteiger charge is -2.11. The summed E-state index contributed by atoms with van der Waals surface area (Å²) in [5.41, 5.74) is 1.41. The van der Waals surface area contributed by atoms with E-state index in [1.54, 1.807) is 19.1 Å². The zero-order valence-electron chi connectivity index (χ0n) is 16.3. The second-order valence-corrected chi connectivity index (χ2v) is 6.92. The third-order valence-electron chi connectivity index (χ3n) is 4.22. The molecule has 0 spiro atoms. The van der Waals surface area contributed by atoms with Crippen molar-refractivity contribution in [2.45, 2.75) is 71.6 Å². The third-order valence-corrected chi connectivity index (χ3v) is 4.47. The van der Waals surface area contributed by atoms with Crippen LogP contribution < -0.4 is 10.6 Å². The van der Waals surface area contributed by atoms with Gasteiger partial charge in [-0.25, -0.2) is 4.79 Å². The van der Waals surface area contributed by atoms with Crippen molar-refractivity contribution in [1.82, 2.24) is 5.32 Å². The summed E-state index contributed by atoms with van der Waals surface area (Å²) in [7, 11) is 0. The predicted octanol–water partition coefficient (Wildman–Crippen LogP) is 5.68. The number of unbranched alkanes of at least 4 members (excludes halogenated alkanes) is 8. The van der Waals surface area contributed by atoms with E-state index in [4.69, 9.17) is 17.0 Å². The number of benzene rings is 1. The number of carbonyl (C=O) groups excluding carboxylic acids is 1. The van der Waals surface area contributed by atoms with Crippen molar-refractivity contribution in [3.05, 3.63) is 29.8 Å². The number of anilines is 1. The van der Waals surface area contributed by atoms with Crippen LogP contribution in [-0.2, 0) is 4.74 Å². The molecule has 0 radical (unpaired) electrons. The van der Waals surface area contributed by atoms with Gasteiger partial charge in [0.2, 0.25) is 0 Å². The maximum absolute atomic E-state index is 11.6. The van der Waals surface area contributed by atoms with E-state index in [0.29, 0.717) is 17.3 Å². The topological polar surface area (TPSA) is 50.4 Å². The first kappa shape index (κ1) is 22.4. The number of carbonyl (C=O) groups is 1. The molecular weight excluding hydrogens is 344 g/mol. The molecule has 2 N–H and O–H groups in total. The Hall–Kier alpha value is -1.62. The fourth-order valence-electron chi connectivity index (χ4n) is 2.72. The maximum Gasteiger partial charge on any atom is 0.338 e. The van der Waals surface area contributed by atoms with Crippen LogP contribution in [-0.4, -0.2) is 24.2 Å². The number of hydrogen-bond acceptors (Lipinski definition) is 3. The summed E-state index contributed by atoms with van der Waals surface area (Å²) in [6, 6.07) is 7.14. The number of rotatable bonds is 13. The Morgan fingerprint density at radius 1 is 0.923 bits per heavy atom. The molecule has 0 bridgehead atoms. The van der Waals surface area contributed by atoms with E-state index >= 15 is 0 Å². The van der Waals surface area contributed by atoms with Crippen LogP contribution in [0, 0.1) is 0 Å². The zero-order valence-corrected chi connectivity index (χ0v) is 17.1. The summed E-state index contributed by atoms with van der Waals surface area (Å²) in [4.78, 5) is 11.6. The highest BCUT2D eigenvalue weighted by atomic mass is 32.1. The molecule has 0 fully saturated rings. The number of thiocarbonyl (C=S) groups is 1. The summed E-state index contributed by atoms with van der Waals surface area (Å²) < 4.78 is 4.97. The molecule has 0 aliphatic carbocycles. The van der Waals surface area contributed by atoms with Crippen LogP contribution in [0.2, 0.25) is 0 Å². The van der Waals surface area contributed by atoms with Gasteiger partial charge in [0.15, 0.2) is 5.11 Å². The molecule has 1 aromatic carbocycles. The van der Waals surface area contributed by atoms with Crippen LogP contribution >= 0.6 is 12.2 Å². The number of nitrogens with one attached hydrogen (secondary N) is 2. The zero-order chi connectivity index (χ0) is 19.0. The quantitative estimate of drug-likeness (QED) is 0.263. The molecule has 4 nitrogen and oxygen atoms in total. The highest BCUT2D eigenvalue weighted by Gasteiger charge is 2.05. The molecule has 0 saturated heterocycles. The Kier molecular flexibility index (Phi) is 12.5. The van der Waals surface area contributed by atoms with Gasteiger partial charge in [0, 0.05) is 12.2 Å². The molecule has 1 aromatic rings. The van der Waals surface area contributed by atoms with Gasteiger partial charge in [-0.3, -0.25) is 0 Å². The van der Waals surface area contributed by atoms with Crippen molar-refractivity contribution < 1.29 is 9.53 Å². The van der Waals surface area contributed by atoms with Gasteiger partial charge in [0.1, 0.15) is 0 Å². The van der Waals surface area contributed by atoms with Gasteiger partial charge in [-0.15, -0.1) is 0 Å². The molecule has 0 atom stereocenters. The summed E-state index contributed by atoms with van der Waals surface area (Å²) in [5, 5.41) is 6.99. The van der Waals surface area contributed by atoms with Gasteiger partial charge in [0.05, 0.1) is 12.2 Å². The minimum absolute atomic E-state index is 0.301. The smallest absolute Gasteiger partial charge is 0.338 e. The van der Waals surface area contributed by atoms with Crippen molar-refractivity contribution in [2.75, 3.05) is 18.5 Å². The molecule has 0 unspecified atom stereocenters. The lowest BCUT2D eigenvalue weighted by atomic mass is 10.1. The van der Waals surface area contributed by atoms with E-state index in [1.807, 2.05) is 12.1 Å². The molecule has 0 aliphatic rings. The van der Waals surface area contributed by atoms with E-state index in [9.17, 15) is 4.79 Å². The van der Waals surface area contributed by atoms with Gasteiger partial charge in [-0.1, -0.05) is 58.3 Å². The highest BCUT2D eigenvalue weighted by Crippen LogP contribution is 2.11. The molecule has 0 heterocycles. The predicted molar refractivity (Wildman–Crippen MR) is 114 cm³/mol. The molecule has 1 rings (SSSR count). The maximum atomic E-state index is 11.6. The van der Waals surface area contributed by atoms with E-state index in [0.717, 1.165) is 18.7 Å². The van der Waals surface area contributed by atoms with Crippen LogP contribution in [0.1, 0.15) is 82.0 Å². The van der Waals surface area contributed by atoms with Gasteiger partial charge >= 0.3 is 5.97 Å². The Morgan fingerprint density at radius 2 is 1.50 bits per heavy atom. The van der Waals surface area contributed by atoms with Crippen LogP contribution in [0.3, 0.4) is 0 Å². The summed E-state index contributed by atoms with van der Waals surface area (Å²) in [6.45, 7) is 5.32. The summed E-state index contributed by atoms with van der Waals surface area (Å²) in [6.07, 6.45) is 11.9. The number of hydrogen-bond donors (Lipinski definition) is 2. The van der Waals surface area contributed by atoms with Crippen molar-refractivity contribution in [3.63, 3.8) is 0 Å². The molecular formula is C21H34N2O2S. The largest absolute Gasteiger partial charge is 0.462 e. The first-order valence-corrected chi connectivity index (χ1v) is 10.4. The third kappa shape index (κ3) is 10.4. The lowest BCUT2D eigenvalue weighted by Crippen LogP contribution is -2.29. The second-order valence-electron chi connectivity index (χ2n) is 6.51. The van der Waals surface area contributed by atoms with Crippen molar-refractivity contribution in [3.8, 4) is 0 Å². The first-order valence-electron chi connectivity index (χ1n) is 9.99. The van der Waals surface area contributed by atoms with Crippen LogP contribution in [0.15, 0.2) is 24.3 Å². The van der Waals surface area contributed by atoms with E-state index in [2.05, 4.69) is 17.6 Å². The van der Waals surface area contributed by atoms with Gasteiger partial charge < -0.3 is 15.4 Å². The van der Waals surface area contributed by atoms with Crippen LogP contribution in [0.5, 0.6) is 0 Å². The molecule has 5 heteroatoms. The van der Waals surface area contributed by atoms with Crippen molar-refractivity contribution in [2.24, 2.45) is 0 Å². The van der Waals surface area contributed by atoms with Gasteiger partial charge in [-0.05, 0) is 49.8 Å². The molecule has 0 aromatic heterocycles. The van der Waals surface area contributed by atoms with Crippen molar-refractivity contribution >= 4 is 29.0 Å². The molecule has 0 aliphatic heterocycles. The van der Waals surface area contributed by atoms with E-state index in [1.165, 1.54) is 51.4 Å². The molecule has 146 valence electrons.